The smallest absolute Gasteiger partial charge is 0.311 e. The second-order valence-corrected chi connectivity index (χ2v) is 3.25. The number of nitrogens with two attached hydrogens (primary N) is 1. The van der Waals surface area contributed by atoms with Gasteiger partial charge in [0.1, 0.15) is 0 Å². The monoisotopic (exact) mass is 172 g/mol. The predicted octanol–water partition coefficient (Wildman–Crippen LogP) is 0.913. The summed E-state index contributed by atoms with van der Waals surface area (Å²) in [6.45, 7) is 1.61. The molecule has 4 nitrogen and oxygen atoms in total. The highest BCUT2D eigenvalue weighted by Gasteiger charge is 2.15. The summed E-state index contributed by atoms with van der Waals surface area (Å²) in [6, 6.07) is 0. The van der Waals surface area contributed by atoms with Gasteiger partial charge in [-0.3, -0.25) is 4.79 Å². The van der Waals surface area contributed by atoms with Crippen LogP contribution in [-0.2, 0) is 4.79 Å². The minimum atomic E-state index is -0.853. The van der Waals surface area contributed by atoms with E-state index >= 15 is 0 Å². The van der Waals surface area contributed by atoms with E-state index in [1.54, 1.807) is 6.92 Å². The lowest BCUT2D eigenvalue weighted by Gasteiger charge is -1.98. The number of carboxylic acids is 1. The maximum absolute atomic E-state index is 10.4. The topological polar surface area (TPSA) is 76.2 Å². The first-order chi connectivity index (χ1) is 5.11. The molecule has 0 spiro atoms. The first-order valence-electron chi connectivity index (χ1n) is 3.05. The molecule has 1 aromatic heterocycles. The van der Waals surface area contributed by atoms with Crippen LogP contribution in [0, 0.1) is 0 Å². The Balaban J connectivity index is 2.84. The molecule has 1 rings (SSSR count). The third-order valence-corrected chi connectivity index (χ3v) is 2.35. The van der Waals surface area contributed by atoms with Crippen molar-refractivity contribution in [3.63, 3.8) is 0 Å². The van der Waals surface area contributed by atoms with Crippen molar-refractivity contribution in [3.05, 3.63) is 11.1 Å². The second-order valence-electron chi connectivity index (χ2n) is 2.16. The Kier molecular flexibility index (Phi) is 2.09. The van der Waals surface area contributed by atoms with E-state index in [4.69, 9.17) is 10.8 Å². The van der Waals surface area contributed by atoms with Crippen molar-refractivity contribution in [3.8, 4) is 0 Å². The summed E-state index contributed by atoms with van der Waals surface area (Å²) in [5.41, 5.74) is 5.33. The van der Waals surface area contributed by atoms with Gasteiger partial charge in [-0.1, -0.05) is 0 Å². The van der Waals surface area contributed by atoms with Gasteiger partial charge >= 0.3 is 5.97 Å². The first kappa shape index (κ1) is 8.00. The van der Waals surface area contributed by atoms with Crippen molar-refractivity contribution in [2.24, 2.45) is 0 Å². The predicted molar refractivity (Wildman–Crippen MR) is 42.6 cm³/mol. The molecule has 0 saturated carbocycles. The van der Waals surface area contributed by atoms with Crippen LogP contribution in [0.5, 0.6) is 0 Å². The van der Waals surface area contributed by atoms with Crippen molar-refractivity contribution >= 4 is 22.4 Å². The van der Waals surface area contributed by atoms with Crippen LogP contribution in [0.25, 0.3) is 0 Å². The van der Waals surface area contributed by atoms with Crippen LogP contribution in [0.1, 0.15) is 17.7 Å². The highest BCUT2D eigenvalue weighted by molar-refractivity contribution is 7.15. The average Bonchev–Trinajstić information content (AvgIpc) is 2.34. The van der Waals surface area contributed by atoms with Crippen molar-refractivity contribution < 1.29 is 9.90 Å². The molecule has 1 heterocycles. The lowest BCUT2D eigenvalue weighted by atomic mass is 10.2. The molecule has 0 aliphatic heterocycles. The third-order valence-electron chi connectivity index (χ3n) is 1.34. The number of aliphatic carboxylic acids is 1. The normalized spacial score (nSPS) is 12.8. The Morgan fingerprint density at radius 1 is 1.91 bits per heavy atom. The highest BCUT2D eigenvalue weighted by Crippen LogP contribution is 2.23. The third kappa shape index (κ3) is 1.68. The molecule has 1 atom stereocenters. The summed E-state index contributed by atoms with van der Waals surface area (Å²) < 4.78 is 0. The lowest BCUT2D eigenvalue weighted by Crippen LogP contribution is -2.05. The number of carboxylic acid groups (broad SMARTS) is 1. The maximum atomic E-state index is 10.4. The van der Waals surface area contributed by atoms with Crippen molar-refractivity contribution in [2.45, 2.75) is 12.8 Å². The molecule has 3 N–H and O–H groups in total. The zero-order valence-electron chi connectivity index (χ0n) is 5.94. The molecule has 0 aliphatic rings. The molecule has 5 heteroatoms. The molecule has 1 aromatic rings. The van der Waals surface area contributed by atoms with Crippen LogP contribution in [0.2, 0.25) is 0 Å². The first-order valence-corrected chi connectivity index (χ1v) is 3.87. The van der Waals surface area contributed by atoms with Crippen molar-refractivity contribution in [1.82, 2.24) is 4.98 Å². The zero-order valence-corrected chi connectivity index (χ0v) is 6.76. The van der Waals surface area contributed by atoms with Gasteiger partial charge in [0.05, 0.1) is 5.92 Å². The van der Waals surface area contributed by atoms with E-state index in [0.717, 1.165) is 0 Å². The van der Waals surface area contributed by atoms with Gasteiger partial charge in [-0.25, -0.2) is 4.98 Å². The van der Waals surface area contributed by atoms with Gasteiger partial charge in [0.15, 0.2) is 5.13 Å². The molecule has 0 aromatic carbocycles. The van der Waals surface area contributed by atoms with Crippen LogP contribution in [-0.4, -0.2) is 16.1 Å². The van der Waals surface area contributed by atoms with Gasteiger partial charge in [0.25, 0.3) is 0 Å². The number of aromatic nitrogens is 1. The Morgan fingerprint density at radius 3 is 2.91 bits per heavy atom. The fourth-order valence-corrected chi connectivity index (χ4v) is 1.35. The summed E-state index contributed by atoms with van der Waals surface area (Å²) in [6.07, 6.45) is 1.50. The highest BCUT2D eigenvalue weighted by atomic mass is 32.1. The molecule has 0 unspecified atom stereocenters. The summed E-state index contributed by atoms with van der Waals surface area (Å²) in [5, 5.41) is 8.99. The molecule has 0 fully saturated rings. The SMILES string of the molecule is C[C@H](C(=O)O)c1cnc(N)s1. The molecule has 0 saturated heterocycles. The minimum Gasteiger partial charge on any atom is -0.481 e. The van der Waals surface area contributed by atoms with Crippen molar-refractivity contribution in [1.29, 1.82) is 0 Å². The average molecular weight is 172 g/mol. The fraction of sp³-hybridized carbons (Fsp3) is 0.333. The quantitative estimate of drug-likeness (QED) is 0.695. The Morgan fingerprint density at radius 2 is 2.55 bits per heavy atom. The molecule has 0 bridgehead atoms. The number of nitrogen functional groups attached to an aromatic ring is 1. The Labute approximate surface area is 67.7 Å². The second kappa shape index (κ2) is 2.87. The van der Waals surface area contributed by atoms with Gasteiger partial charge in [-0.05, 0) is 6.92 Å². The van der Waals surface area contributed by atoms with E-state index in [1.807, 2.05) is 0 Å². The number of hydrogen-bond acceptors (Lipinski definition) is 4. The van der Waals surface area contributed by atoms with Crippen LogP contribution in [0.15, 0.2) is 6.20 Å². The van der Waals surface area contributed by atoms with E-state index < -0.39 is 11.9 Å². The standard InChI is InChI=1S/C6H8N2O2S/c1-3(5(9)10)4-2-8-6(7)11-4/h2-3H,1H3,(H2,7,8)(H,9,10)/t3-/m0/s1. The largest absolute Gasteiger partial charge is 0.481 e. The van der Waals surface area contributed by atoms with E-state index in [1.165, 1.54) is 17.5 Å². The fourth-order valence-electron chi connectivity index (χ4n) is 0.623. The number of hydrogen-bond donors (Lipinski definition) is 2. The molecule has 0 aliphatic carbocycles. The molecule has 0 amide bonds. The van der Waals surface area contributed by atoms with Gasteiger partial charge in [0, 0.05) is 11.1 Å². The molecule has 60 valence electrons. The zero-order chi connectivity index (χ0) is 8.43. The summed E-state index contributed by atoms with van der Waals surface area (Å²) in [7, 11) is 0. The number of rotatable bonds is 2. The molecule has 11 heavy (non-hydrogen) atoms. The minimum absolute atomic E-state index is 0.410. The molecular formula is C6H8N2O2S. The lowest BCUT2D eigenvalue weighted by molar-refractivity contribution is -0.138. The van der Waals surface area contributed by atoms with Crippen LogP contribution < -0.4 is 5.73 Å². The van der Waals surface area contributed by atoms with Crippen LogP contribution >= 0.6 is 11.3 Å². The van der Waals surface area contributed by atoms with Crippen LogP contribution in [0.4, 0.5) is 5.13 Å². The number of thiazole rings is 1. The van der Waals surface area contributed by atoms with E-state index in [0.29, 0.717) is 10.0 Å². The van der Waals surface area contributed by atoms with E-state index in [9.17, 15) is 4.79 Å². The number of anilines is 1. The summed E-state index contributed by atoms with van der Waals surface area (Å²) in [5.74, 6) is -1.36. The number of nitrogens with zero attached hydrogens (tertiary/aromatic N) is 1. The van der Waals surface area contributed by atoms with Crippen LogP contribution in [0.3, 0.4) is 0 Å². The van der Waals surface area contributed by atoms with Gasteiger partial charge in [0.2, 0.25) is 0 Å². The van der Waals surface area contributed by atoms with E-state index in [2.05, 4.69) is 4.98 Å². The van der Waals surface area contributed by atoms with E-state index in [-0.39, 0.29) is 0 Å². The summed E-state index contributed by atoms with van der Waals surface area (Å²) >= 11 is 1.21. The molecular weight excluding hydrogens is 164 g/mol. The van der Waals surface area contributed by atoms with Gasteiger partial charge in [-0.2, -0.15) is 0 Å². The van der Waals surface area contributed by atoms with Crippen molar-refractivity contribution in [2.75, 3.05) is 5.73 Å². The summed E-state index contributed by atoms with van der Waals surface area (Å²) in [4.78, 5) is 14.9. The number of carbonyl (C=O) groups is 1. The van der Waals surface area contributed by atoms with Gasteiger partial charge in [-0.15, -0.1) is 11.3 Å². The Hall–Kier alpha value is -1.10. The molecule has 0 radical (unpaired) electrons. The maximum Gasteiger partial charge on any atom is 0.311 e. The Bertz CT molecular complexity index is 271. The van der Waals surface area contributed by atoms with Gasteiger partial charge < -0.3 is 10.8 Å².